The molecular formula is C18H23NO4S. The molecule has 0 radical (unpaired) electrons. The largest absolute Gasteiger partial charge is 0.496 e. The molecule has 0 heterocycles. The number of rotatable bonds is 8. The van der Waals surface area contributed by atoms with Crippen molar-refractivity contribution in [1.29, 1.82) is 0 Å². The molecule has 0 bridgehead atoms. The van der Waals surface area contributed by atoms with Gasteiger partial charge in [-0.2, -0.15) is 0 Å². The van der Waals surface area contributed by atoms with Crippen LogP contribution in [0.5, 0.6) is 11.5 Å². The van der Waals surface area contributed by atoms with E-state index in [1.165, 1.54) is 0 Å². The van der Waals surface area contributed by atoms with Crippen LogP contribution in [-0.4, -0.2) is 28.7 Å². The highest BCUT2D eigenvalue weighted by Crippen LogP contribution is 2.21. The summed E-state index contributed by atoms with van der Waals surface area (Å²) in [5, 5.41) is 0. The van der Waals surface area contributed by atoms with Crippen LogP contribution < -0.4 is 14.2 Å². The zero-order chi connectivity index (χ0) is 17.6. The van der Waals surface area contributed by atoms with Gasteiger partial charge in [-0.05, 0) is 61.7 Å². The van der Waals surface area contributed by atoms with Crippen LogP contribution in [0.15, 0.2) is 47.4 Å². The van der Waals surface area contributed by atoms with Crippen molar-refractivity contribution in [3.63, 3.8) is 0 Å². The third-order valence-corrected chi connectivity index (χ3v) is 5.08. The minimum Gasteiger partial charge on any atom is -0.496 e. The fourth-order valence-electron chi connectivity index (χ4n) is 2.35. The molecule has 24 heavy (non-hydrogen) atoms. The number of ether oxygens (including phenoxy) is 2. The summed E-state index contributed by atoms with van der Waals surface area (Å²) in [6.45, 7) is 4.71. The Kier molecular flexibility index (Phi) is 6.23. The van der Waals surface area contributed by atoms with Gasteiger partial charge in [-0.3, -0.25) is 0 Å². The molecular weight excluding hydrogens is 326 g/mol. The van der Waals surface area contributed by atoms with Crippen molar-refractivity contribution >= 4 is 10.0 Å². The maximum absolute atomic E-state index is 12.3. The van der Waals surface area contributed by atoms with E-state index in [0.717, 1.165) is 16.9 Å². The Morgan fingerprint density at radius 2 is 1.79 bits per heavy atom. The van der Waals surface area contributed by atoms with Crippen LogP contribution in [0.3, 0.4) is 0 Å². The Labute approximate surface area is 143 Å². The highest BCUT2D eigenvalue weighted by atomic mass is 32.2. The lowest BCUT2D eigenvalue weighted by atomic mass is 10.1. The van der Waals surface area contributed by atoms with Crippen molar-refractivity contribution < 1.29 is 17.9 Å². The maximum Gasteiger partial charge on any atom is 0.240 e. The van der Waals surface area contributed by atoms with Gasteiger partial charge in [-0.1, -0.05) is 12.1 Å². The van der Waals surface area contributed by atoms with Gasteiger partial charge in [0.2, 0.25) is 10.0 Å². The third kappa shape index (κ3) is 4.72. The van der Waals surface area contributed by atoms with Crippen LogP contribution in [0.2, 0.25) is 0 Å². The first kappa shape index (κ1) is 18.3. The lowest BCUT2D eigenvalue weighted by Crippen LogP contribution is -2.26. The highest BCUT2D eigenvalue weighted by Gasteiger charge is 2.14. The average Bonchev–Trinajstić information content (AvgIpc) is 2.56. The minimum absolute atomic E-state index is 0.243. The Hall–Kier alpha value is -2.05. The van der Waals surface area contributed by atoms with Gasteiger partial charge in [-0.15, -0.1) is 0 Å². The smallest absolute Gasteiger partial charge is 0.240 e. The van der Waals surface area contributed by atoms with Crippen LogP contribution >= 0.6 is 0 Å². The maximum atomic E-state index is 12.3. The predicted octanol–water partition coefficient (Wildman–Crippen LogP) is 2.92. The van der Waals surface area contributed by atoms with E-state index in [1.54, 1.807) is 25.3 Å². The summed E-state index contributed by atoms with van der Waals surface area (Å²) in [4.78, 5) is 0.243. The van der Waals surface area contributed by atoms with E-state index >= 15 is 0 Å². The number of sulfonamides is 1. The van der Waals surface area contributed by atoms with Gasteiger partial charge in [0, 0.05) is 6.54 Å². The summed E-state index contributed by atoms with van der Waals surface area (Å²) >= 11 is 0. The molecule has 130 valence electrons. The van der Waals surface area contributed by atoms with Gasteiger partial charge in [0.25, 0.3) is 0 Å². The predicted molar refractivity (Wildman–Crippen MR) is 94.2 cm³/mol. The van der Waals surface area contributed by atoms with E-state index in [4.69, 9.17) is 9.47 Å². The van der Waals surface area contributed by atoms with Crippen LogP contribution in [0, 0.1) is 6.92 Å². The van der Waals surface area contributed by atoms with Crippen molar-refractivity contribution in [3.8, 4) is 11.5 Å². The first-order valence-corrected chi connectivity index (χ1v) is 9.30. The summed E-state index contributed by atoms with van der Waals surface area (Å²) < 4.78 is 37.9. The number of hydrogen-bond donors (Lipinski definition) is 1. The molecule has 0 atom stereocenters. The summed E-state index contributed by atoms with van der Waals surface area (Å²) in [6, 6.07) is 12.5. The van der Waals surface area contributed by atoms with Gasteiger partial charge in [0.05, 0.1) is 18.6 Å². The zero-order valence-corrected chi connectivity index (χ0v) is 15.0. The van der Waals surface area contributed by atoms with Crippen LogP contribution in [0.25, 0.3) is 0 Å². The molecule has 0 aliphatic heterocycles. The van der Waals surface area contributed by atoms with Gasteiger partial charge < -0.3 is 9.47 Å². The fourth-order valence-corrected chi connectivity index (χ4v) is 3.47. The molecule has 6 heteroatoms. The van der Waals surface area contributed by atoms with E-state index in [1.807, 2.05) is 38.1 Å². The second-order valence-electron chi connectivity index (χ2n) is 5.36. The lowest BCUT2D eigenvalue weighted by Gasteiger charge is -2.10. The molecule has 2 rings (SSSR count). The van der Waals surface area contributed by atoms with Crippen molar-refractivity contribution in [2.75, 3.05) is 20.3 Å². The van der Waals surface area contributed by atoms with E-state index in [2.05, 4.69) is 4.72 Å². The molecule has 1 N–H and O–H groups in total. The van der Waals surface area contributed by atoms with E-state index in [9.17, 15) is 8.42 Å². The van der Waals surface area contributed by atoms with E-state index in [-0.39, 0.29) is 4.90 Å². The summed E-state index contributed by atoms with van der Waals surface area (Å²) in [6.07, 6.45) is 0.612. The number of nitrogens with one attached hydrogen (secondary N) is 1. The average molecular weight is 349 g/mol. The zero-order valence-electron chi connectivity index (χ0n) is 14.2. The molecule has 0 fully saturated rings. The van der Waals surface area contributed by atoms with Crippen molar-refractivity contribution in [2.24, 2.45) is 0 Å². The number of benzene rings is 2. The van der Waals surface area contributed by atoms with Crippen LogP contribution in [0.4, 0.5) is 0 Å². The van der Waals surface area contributed by atoms with E-state index < -0.39 is 10.0 Å². The molecule has 0 amide bonds. The monoisotopic (exact) mass is 349 g/mol. The molecule has 2 aromatic carbocycles. The second-order valence-corrected chi connectivity index (χ2v) is 7.12. The number of hydrogen-bond acceptors (Lipinski definition) is 4. The van der Waals surface area contributed by atoms with Crippen LogP contribution in [0.1, 0.15) is 18.1 Å². The Morgan fingerprint density at radius 1 is 1.08 bits per heavy atom. The topological polar surface area (TPSA) is 64.6 Å². The normalized spacial score (nSPS) is 11.3. The minimum atomic E-state index is -3.52. The molecule has 0 unspecified atom stereocenters. The van der Waals surface area contributed by atoms with Gasteiger partial charge in [0.1, 0.15) is 11.5 Å². The SMILES string of the molecule is CCOc1ccc(CCNS(=O)(=O)c2ccc(OC)c(C)c2)cc1. The molecule has 0 saturated heterocycles. The second kappa shape index (κ2) is 8.17. The molecule has 0 aliphatic carbocycles. The molecule has 0 saturated carbocycles. The Morgan fingerprint density at radius 3 is 2.38 bits per heavy atom. The molecule has 2 aromatic rings. The fraction of sp³-hybridized carbons (Fsp3) is 0.333. The van der Waals surface area contributed by atoms with Gasteiger partial charge in [-0.25, -0.2) is 13.1 Å². The molecule has 0 aliphatic rings. The Balaban J connectivity index is 1.96. The van der Waals surface area contributed by atoms with Gasteiger partial charge >= 0.3 is 0 Å². The van der Waals surface area contributed by atoms with E-state index in [0.29, 0.717) is 25.3 Å². The standard InChI is InChI=1S/C18H23NO4S/c1-4-23-16-7-5-15(6-8-16)11-12-19-24(20,21)17-9-10-18(22-3)14(2)13-17/h5-10,13,19H,4,11-12H2,1-3H3. The van der Waals surface area contributed by atoms with Crippen molar-refractivity contribution in [1.82, 2.24) is 4.72 Å². The summed E-state index contributed by atoms with van der Waals surface area (Å²) in [5.74, 6) is 1.49. The van der Waals surface area contributed by atoms with Gasteiger partial charge in [0.15, 0.2) is 0 Å². The molecule has 5 nitrogen and oxygen atoms in total. The summed E-state index contributed by atoms with van der Waals surface area (Å²) in [7, 11) is -1.96. The first-order chi connectivity index (χ1) is 11.5. The quantitative estimate of drug-likeness (QED) is 0.796. The lowest BCUT2D eigenvalue weighted by molar-refractivity contribution is 0.340. The molecule has 0 aromatic heterocycles. The number of aryl methyl sites for hydroxylation is 1. The van der Waals surface area contributed by atoms with Crippen molar-refractivity contribution in [3.05, 3.63) is 53.6 Å². The number of methoxy groups -OCH3 is 1. The van der Waals surface area contributed by atoms with Crippen LogP contribution in [-0.2, 0) is 16.4 Å². The Bertz CT molecular complexity index is 770. The summed E-state index contributed by atoms with van der Waals surface area (Å²) in [5.41, 5.74) is 1.83. The third-order valence-electron chi connectivity index (χ3n) is 3.62. The first-order valence-electron chi connectivity index (χ1n) is 7.82. The highest BCUT2D eigenvalue weighted by molar-refractivity contribution is 7.89. The molecule has 0 spiro atoms. The van der Waals surface area contributed by atoms with Crippen molar-refractivity contribution in [2.45, 2.75) is 25.2 Å².